The zero-order valence-electron chi connectivity index (χ0n) is 7.70. The summed E-state index contributed by atoms with van der Waals surface area (Å²) >= 11 is 0. The maximum atomic E-state index is 8.98. The molecule has 0 saturated carbocycles. The fourth-order valence-corrected chi connectivity index (χ4v) is 1.84. The first kappa shape index (κ1) is 8.12. The maximum Gasteiger partial charge on any atom is 0.184 e. The topological polar surface area (TPSA) is 27.0 Å². The number of hydrogen-bond donors (Lipinski definition) is 0. The van der Waals surface area contributed by atoms with Crippen molar-refractivity contribution in [3.63, 3.8) is 0 Å². The van der Waals surface area contributed by atoms with E-state index in [9.17, 15) is 0 Å². The third kappa shape index (κ3) is 1.27. The first-order valence-electron chi connectivity index (χ1n) is 4.60. The number of rotatable bonds is 0. The summed E-state index contributed by atoms with van der Waals surface area (Å²) in [6.07, 6.45) is 4.41. The minimum absolute atomic E-state index is 0.347. The van der Waals surface area contributed by atoms with E-state index in [1.54, 1.807) is 4.90 Å². The normalized spacial score (nSPS) is 20.6. The highest BCUT2D eigenvalue weighted by Gasteiger charge is 2.21. The van der Waals surface area contributed by atoms with E-state index in [-0.39, 0.29) is 0 Å². The molecule has 0 bridgehead atoms. The minimum atomic E-state index is 0.347. The number of nitriles is 1. The summed E-state index contributed by atoms with van der Waals surface area (Å²) in [5.74, 6) is 0. The van der Waals surface area contributed by atoms with Crippen LogP contribution >= 0.6 is 0 Å². The summed E-state index contributed by atoms with van der Waals surface area (Å²) in [7, 11) is 0. The number of hydrogen-bond acceptors (Lipinski definition) is 2. The van der Waals surface area contributed by atoms with Crippen molar-refractivity contribution >= 4 is 5.69 Å². The van der Waals surface area contributed by atoms with Crippen LogP contribution in [-0.4, -0.2) is 6.04 Å². The summed E-state index contributed by atoms with van der Waals surface area (Å²) < 4.78 is 0. The summed E-state index contributed by atoms with van der Waals surface area (Å²) in [5.41, 5.74) is 2.38. The molecule has 66 valence electrons. The van der Waals surface area contributed by atoms with Crippen LogP contribution in [0.4, 0.5) is 5.69 Å². The second-order valence-corrected chi connectivity index (χ2v) is 3.49. The molecule has 0 spiro atoms. The monoisotopic (exact) mass is 172 g/mol. The first-order valence-corrected chi connectivity index (χ1v) is 4.60. The van der Waals surface area contributed by atoms with Crippen LogP contribution in [0.5, 0.6) is 0 Å². The zero-order chi connectivity index (χ0) is 9.26. The van der Waals surface area contributed by atoms with Gasteiger partial charge in [0.05, 0.1) is 5.69 Å². The van der Waals surface area contributed by atoms with Gasteiger partial charge in [0.1, 0.15) is 0 Å². The third-order valence-corrected chi connectivity index (χ3v) is 2.63. The number of para-hydroxylation sites is 1. The summed E-state index contributed by atoms with van der Waals surface area (Å²) in [6, 6.07) is 8.49. The Kier molecular flexibility index (Phi) is 1.94. The van der Waals surface area contributed by atoms with Gasteiger partial charge in [-0.1, -0.05) is 18.2 Å². The lowest BCUT2D eigenvalue weighted by atomic mass is 9.97. The zero-order valence-corrected chi connectivity index (χ0v) is 7.70. The van der Waals surface area contributed by atoms with Crippen LogP contribution in [0.3, 0.4) is 0 Å². The van der Waals surface area contributed by atoms with Crippen molar-refractivity contribution in [3.05, 3.63) is 29.8 Å². The predicted molar refractivity (Wildman–Crippen MR) is 52.3 cm³/mol. The highest BCUT2D eigenvalue weighted by atomic mass is 15.2. The maximum absolute atomic E-state index is 8.98. The van der Waals surface area contributed by atoms with Crippen molar-refractivity contribution in [2.45, 2.75) is 25.8 Å². The van der Waals surface area contributed by atoms with E-state index in [4.69, 9.17) is 5.26 Å². The first-order chi connectivity index (χ1) is 6.33. The van der Waals surface area contributed by atoms with Crippen molar-refractivity contribution in [1.82, 2.24) is 0 Å². The average Bonchev–Trinajstić information content (AvgIpc) is 2.18. The lowest BCUT2D eigenvalue weighted by molar-refractivity contribution is 0.619. The molecule has 1 unspecified atom stereocenters. The molecule has 1 atom stereocenters. The van der Waals surface area contributed by atoms with E-state index in [2.05, 4.69) is 19.2 Å². The SMILES string of the molecule is CC1CCc2ccccc2N1C#N. The molecule has 0 aromatic heterocycles. The van der Waals surface area contributed by atoms with E-state index >= 15 is 0 Å². The largest absolute Gasteiger partial charge is 0.276 e. The van der Waals surface area contributed by atoms with Crippen molar-refractivity contribution in [1.29, 1.82) is 5.26 Å². The smallest absolute Gasteiger partial charge is 0.184 e. The Morgan fingerprint density at radius 2 is 2.23 bits per heavy atom. The molecular weight excluding hydrogens is 160 g/mol. The number of anilines is 1. The fourth-order valence-electron chi connectivity index (χ4n) is 1.84. The van der Waals surface area contributed by atoms with E-state index in [1.807, 2.05) is 18.2 Å². The highest BCUT2D eigenvalue weighted by Crippen LogP contribution is 2.29. The van der Waals surface area contributed by atoms with Gasteiger partial charge in [-0.15, -0.1) is 0 Å². The number of nitrogens with zero attached hydrogens (tertiary/aromatic N) is 2. The van der Waals surface area contributed by atoms with Gasteiger partial charge < -0.3 is 0 Å². The molecule has 0 aliphatic carbocycles. The molecule has 1 aliphatic heterocycles. The van der Waals surface area contributed by atoms with Gasteiger partial charge in [-0.2, -0.15) is 5.26 Å². The Bertz CT molecular complexity index is 351. The van der Waals surface area contributed by atoms with Crippen LogP contribution in [0.25, 0.3) is 0 Å². The molecule has 0 amide bonds. The van der Waals surface area contributed by atoms with E-state index in [0.29, 0.717) is 6.04 Å². The minimum Gasteiger partial charge on any atom is -0.276 e. The van der Waals surface area contributed by atoms with Crippen molar-refractivity contribution < 1.29 is 0 Å². The standard InChI is InChI=1S/C11H12N2/c1-9-6-7-10-4-2-3-5-11(10)13(9)8-12/h2-5,9H,6-7H2,1H3. The molecular formula is C11H12N2. The quantitative estimate of drug-likeness (QED) is 0.561. The van der Waals surface area contributed by atoms with Crippen molar-refractivity contribution in [2.24, 2.45) is 0 Å². The molecule has 1 aliphatic rings. The molecule has 0 fully saturated rings. The third-order valence-electron chi connectivity index (χ3n) is 2.63. The highest BCUT2D eigenvalue weighted by molar-refractivity contribution is 5.59. The van der Waals surface area contributed by atoms with Gasteiger partial charge in [0.2, 0.25) is 0 Å². The van der Waals surface area contributed by atoms with Gasteiger partial charge in [-0.05, 0) is 31.4 Å². The lowest BCUT2D eigenvalue weighted by Crippen LogP contribution is -2.32. The number of fused-ring (bicyclic) bond motifs is 1. The molecule has 13 heavy (non-hydrogen) atoms. The van der Waals surface area contributed by atoms with E-state index in [0.717, 1.165) is 18.5 Å². The van der Waals surface area contributed by atoms with Gasteiger partial charge in [-0.3, -0.25) is 4.90 Å². The van der Waals surface area contributed by atoms with Crippen molar-refractivity contribution in [3.8, 4) is 6.19 Å². The van der Waals surface area contributed by atoms with Crippen LogP contribution in [0.2, 0.25) is 0 Å². The Balaban J connectivity index is 2.46. The van der Waals surface area contributed by atoms with Crippen LogP contribution in [-0.2, 0) is 6.42 Å². The predicted octanol–water partition coefficient (Wildman–Crippen LogP) is 2.31. The molecule has 2 heteroatoms. The summed E-state index contributed by atoms with van der Waals surface area (Å²) in [6.45, 7) is 2.10. The molecule has 2 rings (SSSR count). The molecule has 0 saturated heterocycles. The van der Waals surface area contributed by atoms with Crippen LogP contribution < -0.4 is 4.90 Å². The van der Waals surface area contributed by atoms with Gasteiger partial charge >= 0.3 is 0 Å². The molecule has 1 aromatic rings. The lowest BCUT2D eigenvalue weighted by Gasteiger charge is -2.30. The van der Waals surface area contributed by atoms with E-state index in [1.165, 1.54) is 5.56 Å². The average molecular weight is 172 g/mol. The van der Waals surface area contributed by atoms with E-state index < -0.39 is 0 Å². The molecule has 0 radical (unpaired) electrons. The Morgan fingerprint density at radius 3 is 3.00 bits per heavy atom. The molecule has 1 heterocycles. The Labute approximate surface area is 78.4 Å². The van der Waals surface area contributed by atoms with Crippen molar-refractivity contribution in [2.75, 3.05) is 4.90 Å². The summed E-state index contributed by atoms with van der Waals surface area (Å²) in [5, 5.41) is 8.98. The second-order valence-electron chi connectivity index (χ2n) is 3.49. The molecule has 0 N–H and O–H groups in total. The van der Waals surface area contributed by atoms with Crippen LogP contribution in [0.1, 0.15) is 18.9 Å². The fraction of sp³-hybridized carbons (Fsp3) is 0.364. The molecule has 1 aromatic carbocycles. The van der Waals surface area contributed by atoms with Gasteiger partial charge in [0.25, 0.3) is 0 Å². The summed E-state index contributed by atoms with van der Waals surface area (Å²) in [4.78, 5) is 1.80. The van der Waals surface area contributed by atoms with Gasteiger partial charge in [-0.25, -0.2) is 0 Å². The number of benzene rings is 1. The second kappa shape index (κ2) is 3.10. The number of aryl methyl sites for hydroxylation is 1. The molecule has 2 nitrogen and oxygen atoms in total. The van der Waals surface area contributed by atoms with Crippen LogP contribution in [0.15, 0.2) is 24.3 Å². The Morgan fingerprint density at radius 1 is 1.46 bits per heavy atom. The van der Waals surface area contributed by atoms with Gasteiger partial charge in [0, 0.05) is 6.04 Å². The Hall–Kier alpha value is -1.49. The van der Waals surface area contributed by atoms with Crippen LogP contribution in [0, 0.1) is 11.5 Å². The van der Waals surface area contributed by atoms with Gasteiger partial charge in [0.15, 0.2) is 6.19 Å².